The number of ether oxygens (including phenoxy) is 1. The minimum Gasteiger partial charge on any atom is -0.497 e. The third-order valence-electron chi connectivity index (χ3n) is 6.61. The fourth-order valence-corrected chi connectivity index (χ4v) is 4.33. The lowest BCUT2D eigenvalue weighted by atomic mass is 9.99. The standard InChI is InChI=1S/C33H35N3O4/c1-23-4-3-5-28(20-23)32(38)36-31(33(39)35-19-18-34-29-14-16-30(40-2)17-15-29)21-24-6-10-26(11-7-24)27-12-8-25(22-37)9-13-27/h3-17,20,31,34,37H,18-19,21-22H2,1-2H3,(H,35,39)(H,36,38). The highest BCUT2D eigenvalue weighted by molar-refractivity contribution is 5.97. The number of rotatable bonds is 12. The molecule has 0 aliphatic rings. The topological polar surface area (TPSA) is 99.7 Å². The van der Waals surface area contributed by atoms with Crippen LogP contribution in [-0.2, 0) is 17.8 Å². The molecular formula is C33H35N3O4. The fourth-order valence-electron chi connectivity index (χ4n) is 4.33. The Hall–Kier alpha value is -4.62. The lowest BCUT2D eigenvalue weighted by Gasteiger charge is -2.19. The Kier molecular flexibility index (Phi) is 9.91. The highest BCUT2D eigenvalue weighted by Crippen LogP contribution is 2.21. The molecule has 4 rings (SSSR count). The molecule has 0 aliphatic carbocycles. The molecule has 0 saturated carbocycles. The molecule has 0 bridgehead atoms. The second-order valence-electron chi connectivity index (χ2n) is 9.60. The average Bonchev–Trinajstić information content (AvgIpc) is 2.99. The smallest absolute Gasteiger partial charge is 0.251 e. The monoisotopic (exact) mass is 537 g/mol. The van der Waals surface area contributed by atoms with Gasteiger partial charge in [-0.3, -0.25) is 9.59 Å². The molecule has 0 saturated heterocycles. The maximum Gasteiger partial charge on any atom is 0.251 e. The van der Waals surface area contributed by atoms with Crippen molar-refractivity contribution in [2.45, 2.75) is 26.0 Å². The number of nitrogens with one attached hydrogen (secondary N) is 3. The number of hydrogen-bond donors (Lipinski definition) is 4. The van der Waals surface area contributed by atoms with Gasteiger partial charge in [-0.15, -0.1) is 0 Å². The molecule has 7 nitrogen and oxygen atoms in total. The zero-order valence-electron chi connectivity index (χ0n) is 22.8. The van der Waals surface area contributed by atoms with E-state index >= 15 is 0 Å². The van der Waals surface area contributed by atoms with Crippen LogP contribution in [0.25, 0.3) is 11.1 Å². The number of aliphatic hydroxyl groups is 1. The lowest BCUT2D eigenvalue weighted by molar-refractivity contribution is -0.122. The van der Waals surface area contributed by atoms with Gasteiger partial charge in [-0.1, -0.05) is 66.2 Å². The van der Waals surface area contributed by atoms with Crippen LogP contribution in [0, 0.1) is 6.92 Å². The maximum atomic E-state index is 13.2. The van der Waals surface area contributed by atoms with E-state index in [9.17, 15) is 14.7 Å². The van der Waals surface area contributed by atoms with Gasteiger partial charge in [-0.2, -0.15) is 0 Å². The van der Waals surface area contributed by atoms with E-state index in [-0.39, 0.29) is 18.4 Å². The van der Waals surface area contributed by atoms with Crippen molar-refractivity contribution in [3.05, 3.63) is 119 Å². The Morgan fingerprint density at radius 3 is 2.08 bits per heavy atom. The van der Waals surface area contributed by atoms with E-state index < -0.39 is 6.04 Å². The van der Waals surface area contributed by atoms with Crippen LogP contribution >= 0.6 is 0 Å². The third-order valence-corrected chi connectivity index (χ3v) is 6.61. The van der Waals surface area contributed by atoms with Crippen LogP contribution in [0.3, 0.4) is 0 Å². The highest BCUT2D eigenvalue weighted by atomic mass is 16.5. The first-order chi connectivity index (χ1) is 19.4. The van der Waals surface area contributed by atoms with Gasteiger partial charge in [0, 0.05) is 30.8 Å². The van der Waals surface area contributed by atoms with Gasteiger partial charge in [0.2, 0.25) is 5.91 Å². The van der Waals surface area contributed by atoms with Gasteiger partial charge in [0.25, 0.3) is 5.91 Å². The summed E-state index contributed by atoms with van der Waals surface area (Å²) in [6.07, 6.45) is 0.346. The van der Waals surface area contributed by atoms with Crippen LogP contribution in [0.15, 0.2) is 97.1 Å². The van der Waals surface area contributed by atoms with Gasteiger partial charge in [-0.05, 0) is 65.6 Å². The third kappa shape index (κ3) is 7.94. The Labute approximate surface area is 235 Å². The maximum absolute atomic E-state index is 13.2. The van der Waals surface area contributed by atoms with Crippen molar-refractivity contribution in [2.24, 2.45) is 0 Å². The van der Waals surface area contributed by atoms with Crippen molar-refractivity contribution < 1.29 is 19.4 Å². The molecule has 1 unspecified atom stereocenters. The molecule has 4 aromatic carbocycles. The van der Waals surface area contributed by atoms with E-state index in [0.717, 1.165) is 39.3 Å². The molecular weight excluding hydrogens is 502 g/mol. The van der Waals surface area contributed by atoms with E-state index in [0.29, 0.717) is 25.1 Å². The Bertz CT molecular complexity index is 1400. The molecule has 0 spiro atoms. The molecule has 4 N–H and O–H groups in total. The summed E-state index contributed by atoms with van der Waals surface area (Å²) in [5.74, 6) is 0.237. The van der Waals surface area contributed by atoms with Crippen molar-refractivity contribution in [1.29, 1.82) is 0 Å². The van der Waals surface area contributed by atoms with Crippen molar-refractivity contribution in [3.63, 3.8) is 0 Å². The first kappa shape index (κ1) is 28.4. The molecule has 40 heavy (non-hydrogen) atoms. The van der Waals surface area contributed by atoms with Gasteiger partial charge in [0.15, 0.2) is 0 Å². The summed E-state index contributed by atoms with van der Waals surface area (Å²) in [6.45, 7) is 2.86. The number of benzene rings is 4. The molecule has 206 valence electrons. The first-order valence-corrected chi connectivity index (χ1v) is 13.3. The molecule has 0 aliphatic heterocycles. The summed E-state index contributed by atoms with van der Waals surface area (Å²) in [6, 6.07) is 29.8. The summed E-state index contributed by atoms with van der Waals surface area (Å²) in [5, 5.41) is 18.4. The van der Waals surface area contributed by atoms with Gasteiger partial charge in [0.05, 0.1) is 13.7 Å². The van der Waals surface area contributed by atoms with Crippen LogP contribution in [0.5, 0.6) is 5.75 Å². The van der Waals surface area contributed by atoms with Crippen molar-refractivity contribution in [2.75, 3.05) is 25.5 Å². The molecule has 0 fully saturated rings. The van der Waals surface area contributed by atoms with Crippen molar-refractivity contribution in [3.8, 4) is 16.9 Å². The van der Waals surface area contributed by atoms with E-state index in [1.54, 1.807) is 19.2 Å². The second kappa shape index (κ2) is 14.0. The molecule has 0 heterocycles. The number of carbonyl (C=O) groups is 2. The second-order valence-corrected chi connectivity index (χ2v) is 9.60. The number of aryl methyl sites for hydroxylation is 1. The van der Waals surface area contributed by atoms with E-state index in [4.69, 9.17) is 4.74 Å². The Balaban J connectivity index is 1.41. The molecule has 2 amide bonds. The van der Waals surface area contributed by atoms with Crippen LogP contribution in [0.1, 0.15) is 27.0 Å². The largest absolute Gasteiger partial charge is 0.497 e. The Morgan fingerprint density at radius 2 is 1.48 bits per heavy atom. The fraction of sp³-hybridized carbons (Fsp3) is 0.212. The minimum atomic E-state index is -0.747. The van der Waals surface area contributed by atoms with Gasteiger partial charge >= 0.3 is 0 Å². The lowest BCUT2D eigenvalue weighted by Crippen LogP contribution is -2.48. The summed E-state index contributed by atoms with van der Waals surface area (Å²) in [4.78, 5) is 26.3. The van der Waals surface area contributed by atoms with Crippen molar-refractivity contribution in [1.82, 2.24) is 10.6 Å². The summed E-state index contributed by atoms with van der Waals surface area (Å²) in [7, 11) is 1.62. The van der Waals surface area contributed by atoms with Crippen LogP contribution in [0.2, 0.25) is 0 Å². The van der Waals surface area contributed by atoms with Gasteiger partial charge in [-0.25, -0.2) is 0 Å². The number of hydrogen-bond acceptors (Lipinski definition) is 5. The number of methoxy groups -OCH3 is 1. The molecule has 7 heteroatoms. The van der Waals surface area contributed by atoms with Gasteiger partial charge < -0.3 is 25.8 Å². The predicted molar refractivity (Wildman–Crippen MR) is 158 cm³/mol. The average molecular weight is 538 g/mol. The summed E-state index contributed by atoms with van der Waals surface area (Å²) >= 11 is 0. The van der Waals surface area contributed by atoms with E-state index in [1.807, 2.05) is 91.9 Å². The Morgan fingerprint density at radius 1 is 0.825 bits per heavy atom. The van der Waals surface area contributed by atoms with Crippen LogP contribution in [0.4, 0.5) is 5.69 Å². The molecule has 1 atom stereocenters. The van der Waals surface area contributed by atoms with Crippen LogP contribution < -0.4 is 20.7 Å². The number of amides is 2. The summed E-state index contributed by atoms with van der Waals surface area (Å²) in [5.41, 5.74) is 6.26. The number of anilines is 1. The zero-order chi connectivity index (χ0) is 28.3. The number of aliphatic hydroxyl groups excluding tert-OH is 1. The van der Waals surface area contributed by atoms with Crippen molar-refractivity contribution >= 4 is 17.5 Å². The molecule has 0 radical (unpaired) electrons. The molecule has 0 aromatic heterocycles. The van der Waals surface area contributed by atoms with Gasteiger partial charge in [0.1, 0.15) is 11.8 Å². The quantitative estimate of drug-likeness (QED) is 0.196. The minimum absolute atomic E-state index is 0.00842. The van der Waals surface area contributed by atoms with E-state index in [1.165, 1.54) is 0 Å². The molecule has 4 aromatic rings. The number of carbonyl (C=O) groups excluding carboxylic acids is 2. The van der Waals surface area contributed by atoms with E-state index in [2.05, 4.69) is 16.0 Å². The first-order valence-electron chi connectivity index (χ1n) is 13.3. The van der Waals surface area contributed by atoms with Crippen LogP contribution in [-0.4, -0.2) is 43.2 Å². The zero-order valence-corrected chi connectivity index (χ0v) is 22.8. The SMILES string of the molecule is COc1ccc(NCCNC(=O)C(Cc2ccc(-c3ccc(CO)cc3)cc2)NC(=O)c2cccc(C)c2)cc1. The summed E-state index contributed by atoms with van der Waals surface area (Å²) < 4.78 is 5.18. The predicted octanol–water partition coefficient (Wildman–Crippen LogP) is 4.73. The highest BCUT2D eigenvalue weighted by Gasteiger charge is 2.22. The normalized spacial score (nSPS) is 11.4.